The summed E-state index contributed by atoms with van der Waals surface area (Å²) in [6.07, 6.45) is 1.76. The summed E-state index contributed by atoms with van der Waals surface area (Å²) in [5.74, 6) is 1.15. The zero-order valence-corrected chi connectivity index (χ0v) is 19.4. The van der Waals surface area contributed by atoms with E-state index in [1.165, 1.54) is 12.1 Å². The minimum Gasteiger partial charge on any atom is -0.497 e. The van der Waals surface area contributed by atoms with Crippen molar-refractivity contribution in [2.75, 3.05) is 34.3 Å². The first-order chi connectivity index (χ1) is 15.7. The van der Waals surface area contributed by atoms with Crippen molar-refractivity contribution in [3.63, 3.8) is 0 Å². The molecule has 33 heavy (non-hydrogen) atoms. The third-order valence-corrected chi connectivity index (χ3v) is 6.49. The average molecular weight is 448 g/mol. The van der Waals surface area contributed by atoms with Gasteiger partial charge in [0.1, 0.15) is 23.5 Å². The second-order valence-electron chi connectivity index (χ2n) is 9.35. The minimum atomic E-state index is -0.630. The lowest BCUT2D eigenvalue weighted by Gasteiger charge is -2.23. The van der Waals surface area contributed by atoms with Crippen LogP contribution in [0.3, 0.4) is 0 Å². The van der Waals surface area contributed by atoms with Crippen LogP contribution in [0.25, 0.3) is 22.4 Å². The molecule has 0 aliphatic carbocycles. The van der Waals surface area contributed by atoms with Crippen molar-refractivity contribution in [2.24, 2.45) is 13.0 Å². The molecule has 1 aliphatic rings. The number of halogens is 1. The number of hydrogen-bond acceptors (Lipinski definition) is 4. The number of likely N-dealkylation sites (tertiary alicyclic amines) is 1. The second-order valence-corrected chi connectivity index (χ2v) is 9.35. The number of quaternary nitrogens is 1. The number of ether oxygens (including phenoxy) is 1. The Morgan fingerprint density at radius 3 is 2.48 bits per heavy atom. The Bertz CT molecular complexity index is 1290. The van der Waals surface area contributed by atoms with Gasteiger partial charge in [0.15, 0.2) is 0 Å². The molecule has 0 amide bonds. The maximum absolute atomic E-state index is 14.5. The molecule has 1 atom stereocenters. The molecule has 1 aromatic heterocycles. The fourth-order valence-corrected chi connectivity index (χ4v) is 4.65. The van der Waals surface area contributed by atoms with Gasteiger partial charge in [0.05, 0.1) is 51.1 Å². The van der Waals surface area contributed by atoms with Gasteiger partial charge < -0.3 is 9.22 Å². The number of nitrogens with zero attached hydrogens (tertiary/aromatic N) is 4. The third-order valence-electron chi connectivity index (χ3n) is 6.49. The first kappa shape index (κ1) is 22.7. The highest BCUT2D eigenvalue weighted by atomic mass is 19.1. The van der Waals surface area contributed by atoms with E-state index in [4.69, 9.17) is 15.0 Å². The highest BCUT2D eigenvalue weighted by Crippen LogP contribution is 2.31. The van der Waals surface area contributed by atoms with Crippen LogP contribution in [0, 0.1) is 23.1 Å². The number of aromatic nitrogens is 2. The predicted molar refractivity (Wildman–Crippen MR) is 125 cm³/mol. The topological polar surface area (TPSA) is 67.9 Å². The highest BCUT2D eigenvalue weighted by Gasteiger charge is 2.32. The van der Waals surface area contributed by atoms with Gasteiger partial charge in [-0.2, -0.15) is 5.26 Å². The summed E-state index contributed by atoms with van der Waals surface area (Å²) >= 11 is 0. The van der Waals surface area contributed by atoms with Crippen molar-refractivity contribution in [1.29, 1.82) is 5.26 Å². The summed E-state index contributed by atoms with van der Waals surface area (Å²) in [6, 6.07) is 13.4. The Balaban J connectivity index is 1.88. The molecule has 2 aromatic carbocycles. The molecule has 4 rings (SSSR count). The summed E-state index contributed by atoms with van der Waals surface area (Å²) in [5, 5.41) is 9.12. The second kappa shape index (κ2) is 8.80. The zero-order valence-electron chi connectivity index (χ0n) is 19.4. The Hall–Kier alpha value is -3.50. The minimum absolute atomic E-state index is 0.0419. The Morgan fingerprint density at radius 1 is 1.21 bits per heavy atom. The van der Waals surface area contributed by atoms with Gasteiger partial charge in [0.2, 0.25) is 0 Å². The van der Waals surface area contributed by atoms with Crippen LogP contribution in [0.1, 0.15) is 17.8 Å². The van der Waals surface area contributed by atoms with Gasteiger partial charge in [-0.3, -0.25) is 9.36 Å². The largest absolute Gasteiger partial charge is 0.497 e. The number of hydrogen-bond donors (Lipinski definition) is 0. The molecule has 6 nitrogen and oxygen atoms in total. The molecule has 3 aromatic rings. The summed E-state index contributed by atoms with van der Waals surface area (Å²) in [6.45, 7) is 2.12. The van der Waals surface area contributed by atoms with Gasteiger partial charge in [0, 0.05) is 31.4 Å². The van der Waals surface area contributed by atoms with Gasteiger partial charge >= 0.3 is 0 Å². The van der Waals surface area contributed by atoms with Gasteiger partial charge in [-0.05, 0) is 29.8 Å². The summed E-state index contributed by atoms with van der Waals surface area (Å²) in [5.41, 5.74) is 1.74. The molecule has 1 saturated heterocycles. The molecule has 170 valence electrons. The maximum atomic E-state index is 14.5. The van der Waals surface area contributed by atoms with Crippen LogP contribution < -0.4 is 10.3 Å². The van der Waals surface area contributed by atoms with Crippen LogP contribution in [-0.2, 0) is 13.5 Å². The maximum Gasteiger partial charge on any atom is 0.261 e. The van der Waals surface area contributed by atoms with E-state index in [1.807, 2.05) is 6.07 Å². The first-order valence-electron chi connectivity index (χ1n) is 11.0. The van der Waals surface area contributed by atoms with Crippen molar-refractivity contribution in [3.8, 4) is 34.2 Å². The molecule has 0 bridgehead atoms. The molecular weight excluding hydrogens is 419 g/mol. The smallest absolute Gasteiger partial charge is 0.261 e. The fraction of sp³-hybridized carbons (Fsp3) is 0.346. The predicted octanol–water partition coefficient (Wildman–Crippen LogP) is 3.77. The normalized spacial score (nSPS) is 17.0. The first-order valence-corrected chi connectivity index (χ1v) is 11.0. The molecule has 0 saturated carbocycles. The lowest BCUT2D eigenvalue weighted by molar-refractivity contribution is -0.879. The standard InChI is InChI=1S/C26H28FN4O2/c1-30-23(13-17-11-12-31(2,3)16-17)29-25(19-5-6-20(15-28)22(27)14-19)24(26(30)32)18-7-9-21(33-4)10-8-18/h5-10,14,17H,11-13,16H2,1-4H3/q+1. The monoisotopic (exact) mass is 447 g/mol. The molecule has 7 heteroatoms. The van der Waals surface area contributed by atoms with E-state index >= 15 is 0 Å². The van der Waals surface area contributed by atoms with Crippen molar-refractivity contribution in [2.45, 2.75) is 12.8 Å². The molecule has 0 N–H and O–H groups in total. The Morgan fingerprint density at radius 2 is 1.91 bits per heavy atom. The van der Waals surface area contributed by atoms with Crippen molar-refractivity contribution in [1.82, 2.24) is 9.55 Å². The molecule has 2 heterocycles. The van der Waals surface area contributed by atoms with Crippen molar-refractivity contribution < 1.29 is 13.6 Å². The van der Waals surface area contributed by atoms with E-state index in [0.29, 0.717) is 46.3 Å². The quantitative estimate of drug-likeness (QED) is 0.559. The number of nitriles is 1. The lowest BCUT2D eigenvalue weighted by Crippen LogP contribution is -2.37. The van der Waals surface area contributed by atoms with E-state index < -0.39 is 5.82 Å². The van der Waals surface area contributed by atoms with E-state index in [0.717, 1.165) is 24.0 Å². The van der Waals surface area contributed by atoms with Crippen molar-refractivity contribution >= 4 is 0 Å². The van der Waals surface area contributed by atoms with Crippen molar-refractivity contribution in [3.05, 3.63) is 70.0 Å². The van der Waals surface area contributed by atoms with Gasteiger partial charge in [0.25, 0.3) is 5.56 Å². The SMILES string of the molecule is COc1ccc(-c2c(-c3ccc(C#N)c(F)c3)nc(CC3CC[N+](C)(C)C3)n(C)c2=O)cc1. The number of rotatable bonds is 5. The summed E-state index contributed by atoms with van der Waals surface area (Å²) in [7, 11) is 7.75. The zero-order chi connectivity index (χ0) is 23.8. The number of methoxy groups -OCH3 is 1. The van der Waals surface area contributed by atoms with Crippen LogP contribution in [0.15, 0.2) is 47.3 Å². The van der Waals surface area contributed by atoms with Gasteiger partial charge in [-0.1, -0.05) is 18.2 Å². The van der Waals surface area contributed by atoms with Crippen LogP contribution in [-0.4, -0.2) is 48.3 Å². The fourth-order valence-electron chi connectivity index (χ4n) is 4.65. The summed E-state index contributed by atoms with van der Waals surface area (Å²) in [4.78, 5) is 18.5. The van der Waals surface area contributed by atoms with Crippen LogP contribution in [0.2, 0.25) is 0 Å². The molecule has 0 radical (unpaired) electrons. The molecule has 1 fully saturated rings. The van der Waals surface area contributed by atoms with Gasteiger partial charge in [-0.25, -0.2) is 9.37 Å². The average Bonchev–Trinajstić information content (AvgIpc) is 3.15. The molecule has 0 spiro atoms. The van der Waals surface area contributed by atoms with Crippen LogP contribution in [0.4, 0.5) is 4.39 Å². The van der Waals surface area contributed by atoms with E-state index in [1.54, 1.807) is 49.1 Å². The Kier molecular flexibility index (Phi) is 6.05. The third kappa shape index (κ3) is 4.53. The Labute approximate surface area is 193 Å². The number of benzene rings is 2. The van der Waals surface area contributed by atoms with Crippen LogP contribution >= 0.6 is 0 Å². The lowest BCUT2D eigenvalue weighted by atomic mass is 9.98. The highest BCUT2D eigenvalue weighted by molar-refractivity contribution is 5.80. The van der Waals surface area contributed by atoms with E-state index in [2.05, 4.69) is 14.1 Å². The molecule has 1 aliphatic heterocycles. The van der Waals surface area contributed by atoms with Crippen LogP contribution in [0.5, 0.6) is 5.75 Å². The summed E-state index contributed by atoms with van der Waals surface area (Å²) < 4.78 is 22.3. The van der Waals surface area contributed by atoms with E-state index in [9.17, 15) is 9.18 Å². The molecule has 1 unspecified atom stereocenters. The molecular formula is C26H28FN4O2+. The van der Waals surface area contributed by atoms with E-state index in [-0.39, 0.29) is 11.1 Å². The van der Waals surface area contributed by atoms with Gasteiger partial charge in [-0.15, -0.1) is 0 Å².